The molecule has 3 rings (SSSR count). The summed E-state index contributed by atoms with van der Waals surface area (Å²) in [4.78, 5) is 30.6. The summed E-state index contributed by atoms with van der Waals surface area (Å²) in [5, 5.41) is 22.6. The number of rotatable bonds is 2. The molecule has 0 amide bonds. The molecule has 0 aliphatic carbocycles. The third-order valence-electron chi connectivity index (χ3n) is 7.48. The van der Waals surface area contributed by atoms with Crippen LogP contribution in [-0.2, 0) is 19.1 Å². The largest absolute Gasteiger partial charge is 0.458 e. The Labute approximate surface area is 220 Å². The number of nitrogens with zero attached hydrogens (tertiary/aromatic N) is 1. The number of fused-ring (bicyclic) bond motifs is 1. The van der Waals surface area contributed by atoms with Gasteiger partial charge in [-0.25, -0.2) is 4.98 Å². The molecule has 35 heavy (non-hydrogen) atoms. The molecule has 1 aromatic heterocycles. The summed E-state index contributed by atoms with van der Waals surface area (Å²) in [7, 11) is 0. The maximum atomic E-state index is 13.2. The molecular weight excluding hydrogens is 534 g/mol. The van der Waals surface area contributed by atoms with Crippen molar-refractivity contribution in [1.82, 2.24) is 4.98 Å². The van der Waals surface area contributed by atoms with Crippen LogP contribution in [0, 0.1) is 24.2 Å². The molecule has 0 saturated carbocycles. The SMILES string of the molecule is CC(=Cc1nc(C)sc1Br)[C@@H]1C[C@@H]2O[C@@H]2CCC[C@H](C)[C@H](O)[C@@H](C)C(=O)C(C)(C)[C@@H](O)CC(=O)O1. The maximum Gasteiger partial charge on any atom is 0.309 e. The zero-order valence-corrected chi connectivity index (χ0v) is 23.8. The number of aliphatic hydroxyl groups excluding tert-OH is 2. The highest BCUT2D eigenvalue weighted by Gasteiger charge is 2.44. The molecule has 1 aromatic rings. The van der Waals surface area contributed by atoms with Crippen molar-refractivity contribution in [3.63, 3.8) is 0 Å². The lowest BCUT2D eigenvalue weighted by molar-refractivity contribution is -0.154. The zero-order valence-electron chi connectivity index (χ0n) is 21.4. The monoisotopic (exact) mass is 571 g/mol. The first kappa shape index (κ1) is 28.4. The van der Waals surface area contributed by atoms with E-state index in [2.05, 4.69) is 20.9 Å². The van der Waals surface area contributed by atoms with Gasteiger partial charge in [-0.05, 0) is 60.2 Å². The number of thiazole rings is 1. The fourth-order valence-electron chi connectivity index (χ4n) is 4.82. The van der Waals surface area contributed by atoms with E-state index in [1.807, 2.05) is 26.8 Å². The number of epoxide rings is 1. The number of halogens is 1. The summed E-state index contributed by atoms with van der Waals surface area (Å²) < 4.78 is 12.6. The number of aliphatic hydroxyl groups is 2. The third kappa shape index (κ3) is 7.01. The first-order valence-corrected chi connectivity index (χ1v) is 14.0. The van der Waals surface area contributed by atoms with Crippen molar-refractivity contribution in [3.8, 4) is 0 Å². The Bertz CT molecular complexity index is 960. The molecule has 0 radical (unpaired) electrons. The van der Waals surface area contributed by atoms with E-state index in [4.69, 9.17) is 9.47 Å². The van der Waals surface area contributed by atoms with E-state index in [1.54, 1.807) is 32.1 Å². The van der Waals surface area contributed by atoms with Gasteiger partial charge in [0.25, 0.3) is 0 Å². The average molecular weight is 573 g/mol. The number of ketones is 1. The molecule has 2 fully saturated rings. The first-order chi connectivity index (χ1) is 16.3. The number of hydrogen-bond acceptors (Lipinski definition) is 8. The molecule has 0 bridgehead atoms. The van der Waals surface area contributed by atoms with E-state index < -0.39 is 35.6 Å². The fourth-order valence-corrected chi connectivity index (χ4v) is 6.34. The van der Waals surface area contributed by atoms with Crippen molar-refractivity contribution < 1.29 is 29.3 Å². The molecule has 7 nitrogen and oxygen atoms in total. The van der Waals surface area contributed by atoms with Crippen LogP contribution in [0.3, 0.4) is 0 Å². The molecule has 196 valence electrons. The Morgan fingerprint density at radius 1 is 1.20 bits per heavy atom. The van der Waals surface area contributed by atoms with Gasteiger partial charge in [-0.15, -0.1) is 11.3 Å². The topological polar surface area (TPSA) is 109 Å². The lowest BCUT2D eigenvalue weighted by atomic mass is 9.73. The van der Waals surface area contributed by atoms with Gasteiger partial charge in [0.1, 0.15) is 11.9 Å². The van der Waals surface area contributed by atoms with Crippen molar-refractivity contribution in [3.05, 3.63) is 20.1 Å². The van der Waals surface area contributed by atoms with Crippen LogP contribution in [0.1, 0.15) is 77.4 Å². The Hall–Kier alpha value is -1.13. The van der Waals surface area contributed by atoms with E-state index in [0.29, 0.717) is 6.42 Å². The van der Waals surface area contributed by atoms with Gasteiger partial charge in [0, 0.05) is 12.3 Å². The van der Waals surface area contributed by atoms with Crippen molar-refractivity contribution >= 4 is 45.1 Å². The average Bonchev–Trinajstić information content (AvgIpc) is 3.44. The lowest BCUT2D eigenvalue weighted by Gasteiger charge is -2.34. The minimum Gasteiger partial charge on any atom is -0.458 e. The zero-order chi connectivity index (χ0) is 26.1. The van der Waals surface area contributed by atoms with Crippen LogP contribution >= 0.6 is 27.3 Å². The summed E-state index contributed by atoms with van der Waals surface area (Å²) >= 11 is 5.08. The number of cyclic esters (lactones) is 1. The maximum absolute atomic E-state index is 13.2. The summed E-state index contributed by atoms with van der Waals surface area (Å²) in [5.41, 5.74) is 0.425. The van der Waals surface area contributed by atoms with Crippen molar-refractivity contribution in [2.45, 2.75) is 104 Å². The van der Waals surface area contributed by atoms with E-state index >= 15 is 0 Å². The summed E-state index contributed by atoms with van der Waals surface area (Å²) in [6.45, 7) is 10.7. The normalized spacial score (nSPS) is 35.3. The predicted octanol–water partition coefficient (Wildman–Crippen LogP) is 4.85. The lowest BCUT2D eigenvalue weighted by Crippen LogP contribution is -2.45. The second kappa shape index (κ2) is 11.5. The number of esters is 1. The third-order valence-corrected chi connectivity index (χ3v) is 9.15. The van der Waals surface area contributed by atoms with Crippen LogP contribution in [0.15, 0.2) is 9.36 Å². The van der Waals surface area contributed by atoms with E-state index in [-0.39, 0.29) is 30.3 Å². The number of carbonyl (C=O) groups excluding carboxylic acids is 2. The molecule has 2 aliphatic rings. The summed E-state index contributed by atoms with van der Waals surface area (Å²) in [5.74, 6) is -1.54. The van der Waals surface area contributed by atoms with Crippen LogP contribution < -0.4 is 0 Å². The van der Waals surface area contributed by atoms with Crippen LogP contribution in [0.5, 0.6) is 0 Å². The highest BCUT2D eigenvalue weighted by Crippen LogP contribution is 2.37. The highest BCUT2D eigenvalue weighted by atomic mass is 79.9. The fraction of sp³-hybridized carbons (Fsp3) is 0.731. The number of Topliss-reactive ketones (excluding diaryl/α,β-unsaturated/α-hetero) is 1. The molecule has 2 saturated heterocycles. The Balaban J connectivity index is 1.84. The van der Waals surface area contributed by atoms with Crippen molar-refractivity contribution in [2.75, 3.05) is 0 Å². The molecule has 0 spiro atoms. The predicted molar refractivity (Wildman–Crippen MR) is 139 cm³/mol. The van der Waals surface area contributed by atoms with Crippen molar-refractivity contribution in [2.24, 2.45) is 17.3 Å². The molecular formula is C26H38BrNO6S. The van der Waals surface area contributed by atoms with Gasteiger partial charge in [0.2, 0.25) is 0 Å². The van der Waals surface area contributed by atoms with Gasteiger partial charge < -0.3 is 19.7 Å². The van der Waals surface area contributed by atoms with E-state index in [9.17, 15) is 19.8 Å². The number of ether oxygens (including phenoxy) is 2. The minimum atomic E-state index is -1.23. The van der Waals surface area contributed by atoms with E-state index in [0.717, 1.165) is 39.3 Å². The van der Waals surface area contributed by atoms with Gasteiger partial charge in [0.05, 0.1) is 50.7 Å². The van der Waals surface area contributed by atoms with Gasteiger partial charge >= 0.3 is 5.97 Å². The second-order valence-corrected chi connectivity index (χ2v) is 13.2. The molecule has 0 unspecified atom stereocenters. The molecule has 0 aromatic carbocycles. The van der Waals surface area contributed by atoms with Crippen LogP contribution in [-0.4, -0.2) is 57.5 Å². The van der Waals surface area contributed by atoms with Crippen LogP contribution in [0.2, 0.25) is 0 Å². The van der Waals surface area contributed by atoms with E-state index in [1.165, 1.54) is 0 Å². The molecule has 3 heterocycles. The van der Waals surface area contributed by atoms with Crippen molar-refractivity contribution in [1.29, 1.82) is 0 Å². The van der Waals surface area contributed by atoms with Crippen LogP contribution in [0.25, 0.3) is 6.08 Å². The summed E-state index contributed by atoms with van der Waals surface area (Å²) in [6, 6.07) is 0. The number of carbonyl (C=O) groups is 2. The first-order valence-electron chi connectivity index (χ1n) is 12.4. The second-order valence-electron chi connectivity index (χ2n) is 10.7. The Morgan fingerprint density at radius 2 is 1.89 bits per heavy atom. The molecule has 7 atom stereocenters. The van der Waals surface area contributed by atoms with Gasteiger partial charge in [-0.2, -0.15) is 0 Å². The Kier molecular flexibility index (Phi) is 9.35. The van der Waals surface area contributed by atoms with Gasteiger partial charge in [-0.1, -0.05) is 34.1 Å². The number of aryl methyl sites for hydroxylation is 1. The standard InChI is InChI=1S/C26H38BrNO6S/c1-13-8-7-9-18-20(33-18)11-19(14(2)10-17-25(27)35-16(4)28-17)34-22(30)12-21(29)26(5,6)24(32)15(3)23(13)31/h10,13,15,18-21,23,29,31H,7-9,11-12H2,1-6H3/t13-,15+,18+,19-,20-,21-,23-/m0/s1. The molecule has 9 heteroatoms. The number of hydrogen-bond donors (Lipinski definition) is 2. The highest BCUT2D eigenvalue weighted by molar-refractivity contribution is 9.11. The molecule has 2 aliphatic heterocycles. The van der Waals surface area contributed by atoms with Crippen LogP contribution in [0.4, 0.5) is 0 Å². The quantitative estimate of drug-likeness (QED) is 0.385. The van der Waals surface area contributed by atoms with Gasteiger partial charge in [-0.3, -0.25) is 9.59 Å². The smallest absolute Gasteiger partial charge is 0.309 e. The minimum absolute atomic E-state index is 0.00763. The molecule has 2 N–H and O–H groups in total. The van der Waals surface area contributed by atoms with Gasteiger partial charge in [0.15, 0.2) is 0 Å². The Morgan fingerprint density at radius 3 is 2.51 bits per heavy atom. The summed E-state index contributed by atoms with van der Waals surface area (Å²) in [6.07, 6.45) is 2.16. The number of aromatic nitrogens is 1.